The number of halogens is 1. The van der Waals surface area contributed by atoms with Gasteiger partial charge in [0.1, 0.15) is 11.9 Å². The van der Waals surface area contributed by atoms with Gasteiger partial charge >= 0.3 is 0 Å². The Morgan fingerprint density at radius 3 is 2.88 bits per heavy atom. The molecule has 1 atom stereocenters. The molecular formula is C14H17FN2. The van der Waals surface area contributed by atoms with Gasteiger partial charge in [0.15, 0.2) is 0 Å². The van der Waals surface area contributed by atoms with Crippen LogP contribution in [0.15, 0.2) is 18.2 Å². The summed E-state index contributed by atoms with van der Waals surface area (Å²) in [5, 5.41) is 9.08. The summed E-state index contributed by atoms with van der Waals surface area (Å²) < 4.78 is 13.1. The molecule has 0 radical (unpaired) electrons. The summed E-state index contributed by atoms with van der Waals surface area (Å²) in [6.07, 6.45) is 2.30. The Hall–Kier alpha value is -1.56. The molecule has 2 rings (SSSR count). The molecule has 0 amide bonds. The van der Waals surface area contributed by atoms with E-state index in [0.29, 0.717) is 17.5 Å². The quantitative estimate of drug-likeness (QED) is 0.782. The van der Waals surface area contributed by atoms with Crippen molar-refractivity contribution in [3.05, 3.63) is 29.6 Å². The monoisotopic (exact) mass is 232 g/mol. The second kappa shape index (κ2) is 4.75. The van der Waals surface area contributed by atoms with E-state index in [0.717, 1.165) is 25.1 Å². The van der Waals surface area contributed by atoms with Crippen molar-refractivity contribution in [2.75, 3.05) is 11.4 Å². The molecule has 0 aromatic heterocycles. The minimum Gasteiger partial charge on any atom is -0.367 e. The van der Waals surface area contributed by atoms with Crippen LogP contribution in [0.2, 0.25) is 0 Å². The van der Waals surface area contributed by atoms with Crippen LogP contribution in [0.5, 0.6) is 0 Å². The van der Waals surface area contributed by atoms with Crippen molar-refractivity contribution in [2.45, 2.75) is 32.7 Å². The summed E-state index contributed by atoms with van der Waals surface area (Å²) in [6, 6.07) is 7.05. The summed E-state index contributed by atoms with van der Waals surface area (Å²) in [5.74, 6) is 0.208. The first-order valence-corrected chi connectivity index (χ1v) is 6.09. The van der Waals surface area contributed by atoms with Crippen LogP contribution < -0.4 is 4.90 Å². The van der Waals surface area contributed by atoms with Crippen LogP contribution in [0.1, 0.15) is 32.3 Å². The molecule has 1 heterocycles. The molecule has 0 aliphatic carbocycles. The van der Waals surface area contributed by atoms with Gasteiger partial charge in [-0.05, 0) is 37.0 Å². The van der Waals surface area contributed by atoms with Crippen LogP contribution in [-0.4, -0.2) is 12.6 Å². The molecule has 1 aliphatic heterocycles. The van der Waals surface area contributed by atoms with Gasteiger partial charge in [0.25, 0.3) is 0 Å². The van der Waals surface area contributed by atoms with Crippen molar-refractivity contribution in [3.63, 3.8) is 0 Å². The van der Waals surface area contributed by atoms with E-state index >= 15 is 0 Å². The summed E-state index contributed by atoms with van der Waals surface area (Å²) in [4.78, 5) is 2.25. The van der Waals surface area contributed by atoms with Gasteiger partial charge < -0.3 is 4.90 Å². The average Bonchev–Trinajstić information content (AvgIpc) is 2.77. The van der Waals surface area contributed by atoms with Crippen molar-refractivity contribution < 1.29 is 4.39 Å². The van der Waals surface area contributed by atoms with Gasteiger partial charge in [-0.25, -0.2) is 4.39 Å². The van der Waals surface area contributed by atoms with E-state index in [4.69, 9.17) is 5.26 Å². The maximum Gasteiger partial charge on any atom is 0.124 e. The van der Waals surface area contributed by atoms with Crippen molar-refractivity contribution in [1.29, 1.82) is 5.26 Å². The number of nitrogens with zero attached hydrogens (tertiary/aromatic N) is 2. The maximum atomic E-state index is 13.1. The number of anilines is 1. The molecule has 2 nitrogen and oxygen atoms in total. The molecule has 0 N–H and O–H groups in total. The average molecular weight is 232 g/mol. The van der Waals surface area contributed by atoms with Crippen molar-refractivity contribution in [1.82, 2.24) is 0 Å². The molecule has 1 fully saturated rings. The lowest BCUT2D eigenvalue weighted by molar-refractivity contribution is 0.491. The number of hydrogen-bond acceptors (Lipinski definition) is 2. The number of rotatable bonds is 2. The molecule has 3 heteroatoms. The lowest BCUT2D eigenvalue weighted by Crippen LogP contribution is -2.33. The van der Waals surface area contributed by atoms with Gasteiger partial charge in [-0.15, -0.1) is 0 Å². The summed E-state index contributed by atoms with van der Waals surface area (Å²) >= 11 is 0. The minimum atomic E-state index is -0.342. The van der Waals surface area contributed by atoms with E-state index in [9.17, 15) is 4.39 Å². The number of benzene rings is 1. The Bertz CT molecular complexity index is 448. The molecule has 1 aliphatic rings. The van der Waals surface area contributed by atoms with Crippen LogP contribution >= 0.6 is 0 Å². The fraction of sp³-hybridized carbons (Fsp3) is 0.500. The SMILES string of the molecule is CC(C)C1CCCN1c1ccc(F)cc1C#N. The maximum absolute atomic E-state index is 13.1. The molecule has 1 aromatic rings. The Kier molecular flexibility index (Phi) is 3.33. The lowest BCUT2D eigenvalue weighted by Gasteiger charge is -2.30. The van der Waals surface area contributed by atoms with E-state index < -0.39 is 0 Å². The van der Waals surface area contributed by atoms with Gasteiger partial charge in [0.2, 0.25) is 0 Å². The smallest absolute Gasteiger partial charge is 0.124 e. The van der Waals surface area contributed by atoms with Crippen molar-refractivity contribution in [3.8, 4) is 6.07 Å². The summed E-state index contributed by atoms with van der Waals surface area (Å²) in [7, 11) is 0. The van der Waals surface area contributed by atoms with Crippen molar-refractivity contribution in [2.24, 2.45) is 5.92 Å². The first kappa shape index (κ1) is 11.9. The Morgan fingerprint density at radius 1 is 1.47 bits per heavy atom. The van der Waals surface area contributed by atoms with Crippen LogP contribution in [-0.2, 0) is 0 Å². The van der Waals surface area contributed by atoms with E-state index in [-0.39, 0.29) is 5.82 Å². The molecule has 1 saturated heterocycles. The summed E-state index contributed by atoms with van der Waals surface area (Å²) in [6.45, 7) is 5.35. The fourth-order valence-electron chi connectivity index (χ4n) is 2.63. The molecule has 17 heavy (non-hydrogen) atoms. The lowest BCUT2D eigenvalue weighted by atomic mass is 10.0. The normalized spacial score (nSPS) is 19.7. The minimum absolute atomic E-state index is 0.342. The Morgan fingerprint density at radius 2 is 2.24 bits per heavy atom. The molecule has 0 saturated carbocycles. The van der Waals surface area contributed by atoms with E-state index in [1.807, 2.05) is 0 Å². The summed E-state index contributed by atoms with van der Waals surface area (Å²) in [5.41, 5.74) is 1.32. The van der Waals surface area contributed by atoms with Crippen LogP contribution in [0.25, 0.3) is 0 Å². The predicted octanol–water partition coefficient (Wildman–Crippen LogP) is 3.32. The molecule has 1 aromatic carbocycles. The third-order valence-electron chi connectivity index (χ3n) is 3.46. The van der Waals surface area contributed by atoms with Gasteiger partial charge in [0.05, 0.1) is 11.3 Å². The fourth-order valence-corrected chi connectivity index (χ4v) is 2.63. The van der Waals surface area contributed by atoms with E-state index in [1.165, 1.54) is 12.1 Å². The topological polar surface area (TPSA) is 27.0 Å². The third-order valence-corrected chi connectivity index (χ3v) is 3.46. The van der Waals surface area contributed by atoms with Crippen LogP contribution in [0.3, 0.4) is 0 Å². The Balaban J connectivity index is 2.37. The zero-order chi connectivity index (χ0) is 12.4. The van der Waals surface area contributed by atoms with Crippen LogP contribution in [0, 0.1) is 23.1 Å². The number of hydrogen-bond donors (Lipinski definition) is 0. The van der Waals surface area contributed by atoms with Gasteiger partial charge in [-0.2, -0.15) is 5.26 Å². The highest BCUT2D eigenvalue weighted by atomic mass is 19.1. The van der Waals surface area contributed by atoms with Gasteiger partial charge in [0, 0.05) is 12.6 Å². The standard InChI is InChI=1S/C14H17FN2/c1-10(2)13-4-3-7-17(13)14-6-5-12(15)8-11(14)9-16/h5-6,8,10,13H,3-4,7H2,1-2H3. The zero-order valence-electron chi connectivity index (χ0n) is 10.3. The van der Waals surface area contributed by atoms with Gasteiger partial charge in [-0.1, -0.05) is 13.8 Å². The molecule has 0 bridgehead atoms. The Labute approximate surface area is 102 Å². The first-order valence-electron chi connectivity index (χ1n) is 6.09. The first-order chi connectivity index (χ1) is 8.13. The second-order valence-corrected chi connectivity index (χ2v) is 4.92. The largest absolute Gasteiger partial charge is 0.367 e. The van der Waals surface area contributed by atoms with Gasteiger partial charge in [-0.3, -0.25) is 0 Å². The molecule has 1 unspecified atom stereocenters. The van der Waals surface area contributed by atoms with Crippen LogP contribution in [0.4, 0.5) is 10.1 Å². The van der Waals surface area contributed by atoms with E-state index in [1.54, 1.807) is 6.07 Å². The second-order valence-electron chi connectivity index (χ2n) is 4.92. The molecule has 0 spiro atoms. The third kappa shape index (κ3) is 2.26. The highest BCUT2D eigenvalue weighted by molar-refractivity contribution is 5.60. The highest BCUT2D eigenvalue weighted by Gasteiger charge is 2.28. The molecular weight excluding hydrogens is 215 g/mol. The molecule has 90 valence electrons. The van der Waals surface area contributed by atoms with E-state index in [2.05, 4.69) is 24.8 Å². The number of nitriles is 1. The zero-order valence-corrected chi connectivity index (χ0v) is 10.3. The van der Waals surface area contributed by atoms with Crippen molar-refractivity contribution >= 4 is 5.69 Å². The highest BCUT2D eigenvalue weighted by Crippen LogP contribution is 2.32. The predicted molar refractivity (Wildman–Crippen MR) is 66.3 cm³/mol.